The molecule has 2 aromatic heterocycles. The lowest BCUT2D eigenvalue weighted by Gasteiger charge is -2.09. The lowest BCUT2D eigenvalue weighted by molar-refractivity contribution is -0.137. The molecule has 1 amide bonds. The first-order valence-corrected chi connectivity index (χ1v) is 7.73. The highest BCUT2D eigenvalue weighted by atomic mass is 19.4. The van der Waals surface area contributed by atoms with E-state index < -0.39 is 11.7 Å². The highest BCUT2D eigenvalue weighted by Crippen LogP contribution is 2.29. The van der Waals surface area contributed by atoms with Crippen LogP contribution in [0.1, 0.15) is 27.2 Å². The topological polar surface area (TPSA) is 64.7 Å². The summed E-state index contributed by atoms with van der Waals surface area (Å²) in [5.41, 5.74) is 0.863. The molecule has 0 bridgehead atoms. The van der Waals surface area contributed by atoms with Gasteiger partial charge in [0.25, 0.3) is 5.91 Å². The van der Waals surface area contributed by atoms with Gasteiger partial charge in [-0.25, -0.2) is 0 Å². The van der Waals surface area contributed by atoms with E-state index in [0.717, 1.165) is 12.1 Å². The van der Waals surface area contributed by atoms with Crippen LogP contribution in [0.15, 0.2) is 42.7 Å². The van der Waals surface area contributed by atoms with Crippen molar-refractivity contribution >= 4 is 11.7 Å². The zero-order chi connectivity index (χ0) is 18.9. The van der Waals surface area contributed by atoms with E-state index in [9.17, 15) is 18.0 Å². The maximum Gasteiger partial charge on any atom is 0.416 e. The Morgan fingerprint density at radius 3 is 2.69 bits per heavy atom. The van der Waals surface area contributed by atoms with Gasteiger partial charge in [0.05, 0.1) is 23.9 Å². The van der Waals surface area contributed by atoms with Crippen LogP contribution in [0.4, 0.5) is 19.0 Å². The van der Waals surface area contributed by atoms with Crippen molar-refractivity contribution in [3.63, 3.8) is 0 Å². The minimum atomic E-state index is -4.39. The molecule has 0 atom stereocenters. The highest BCUT2D eigenvalue weighted by Gasteiger charge is 2.30. The van der Waals surface area contributed by atoms with Crippen molar-refractivity contribution in [3.05, 3.63) is 65.1 Å². The van der Waals surface area contributed by atoms with Gasteiger partial charge in [-0.2, -0.15) is 23.4 Å². The maximum atomic E-state index is 12.8. The molecule has 3 rings (SSSR count). The zero-order valence-corrected chi connectivity index (χ0v) is 14.1. The molecule has 3 aromatic rings. The van der Waals surface area contributed by atoms with Crippen LogP contribution in [0.3, 0.4) is 0 Å². The van der Waals surface area contributed by atoms with Gasteiger partial charge in [0.1, 0.15) is 0 Å². The number of carbonyl (C=O) groups excluding carboxylic acids is 1. The van der Waals surface area contributed by atoms with Crippen LogP contribution in [-0.4, -0.2) is 25.5 Å². The van der Waals surface area contributed by atoms with Crippen molar-refractivity contribution in [2.24, 2.45) is 7.05 Å². The van der Waals surface area contributed by atoms with Crippen molar-refractivity contribution in [1.29, 1.82) is 0 Å². The number of aryl methyl sites for hydroxylation is 2. The molecule has 0 saturated carbocycles. The van der Waals surface area contributed by atoms with Gasteiger partial charge in [0.2, 0.25) is 0 Å². The number of alkyl halides is 3. The molecule has 0 aliphatic heterocycles. The molecule has 9 heteroatoms. The summed E-state index contributed by atoms with van der Waals surface area (Å²) in [4.78, 5) is 12.1. The van der Waals surface area contributed by atoms with E-state index in [-0.39, 0.29) is 12.5 Å². The Labute approximate surface area is 147 Å². The van der Waals surface area contributed by atoms with Gasteiger partial charge in [0, 0.05) is 25.0 Å². The molecule has 26 heavy (non-hydrogen) atoms. The Bertz CT molecular complexity index is 942. The number of amides is 1. The van der Waals surface area contributed by atoms with E-state index in [4.69, 9.17) is 0 Å². The molecule has 0 saturated heterocycles. The zero-order valence-electron chi connectivity index (χ0n) is 14.1. The number of nitrogens with one attached hydrogen (secondary N) is 1. The first-order valence-electron chi connectivity index (χ1n) is 7.73. The standard InChI is InChI=1S/C17H16F3N5O/c1-11-6-15(22-16(26)13-8-21-24(2)10-13)23-25(11)9-12-4-3-5-14(7-12)17(18,19)20/h3-8,10H,9H2,1-2H3,(H,22,23,26). The fraction of sp³-hybridized carbons (Fsp3) is 0.235. The Kier molecular flexibility index (Phi) is 4.54. The fourth-order valence-corrected chi connectivity index (χ4v) is 2.48. The summed E-state index contributed by atoms with van der Waals surface area (Å²) in [5.74, 6) is -0.0369. The summed E-state index contributed by atoms with van der Waals surface area (Å²) in [6.07, 6.45) is -1.39. The molecule has 0 unspecified atom stereocenters. The first kappa shape index (κ1) is 17.7. The Morgan fingerprint density at radius 1 is 1.27 bits per heavy atom. The minimum Gasteiger partial charge on any atom is -0.305 e. The number of hydrogen-bond donors (Lipinski definition) is 1. The molecule has 0 aliphatic rings. The third-order valence-corrected chi connectivity index (χ3v) is 3.78. The van der Waals surface area contributed by atoms with Gasteiger partial charge in [-0.1, -0.05) is 12.1 Å². The average Bonchev–Trinajstić information content (AvgIpc) is 3.13. The summed E-state index contributed by atoms with van der Waals surface area (Å²) in [5, 5.41) is 10.8. The average molecular weight is 363 g/mol. The number of rotatable bonds is 4. The van der Waals surface area contributed by atoms with Gasteiger partial charge in [-0.05, 0) is 24.6 Å². The molecule has 0 fully saturated rings. The number of aromatic nitrogens is 4. The fourth-order valence-electron chi connectivity index (χ4n) is 2.48. The molecule has 0 spiro atoms. The Morgan fingerprint density at radius 2 is 2.04 bits per heavy atom. The molecule has 0 aliphatic carbocycles. The Balaban J connectivity index is 1.75. The van der Waals surface area contributed by atoms with E-state index in [2.05, 4.69) is 15.5 Å². The summed E-state index contributed by atoms with van der Waals surface area (Å²) in [7, 11) is 1.70. The van der Waals surface area contributed by atoms with E-state index in [1.807, 2.05) is 0 Å². The predicted octanol–water partition coefficient (Wildman–Crippen LogP) is 3.24. The van der Waals surface area contributed by atoms with Crippen LogP contribution >= 0.6 is 0 Å². The molecular formula is C17H16F3N5O. The second kappa shape index (κ2) is 6.66. The normalized spacial score (nSPS) is 11.6. The molecule has 136 valence electrons. The van der Waals surface area contributed by atoms with Gasteiger partial charge in [0.15, 0.2) is 5.82 Å². The van der Waals surface area contributed by atoms with Crippen LogP contribution in [0, 0.1) is 6.92 Å². The van der Waals surface area contributed by atoms with Gasteiger partial charge >= 0.3 is 6.18 Å². The van der Waals surface area contributed by atoms with Crippen molar-refractivity contribution in [3.8, 4) is 0 Å². The number of benzene rings is 1. The van der Waals surface area contributed by atoms with E-state index in [0.29, 0.717) is 22.6 Å². The second-order valence-electron chi connectivity index (χ2n) is 5.88. The molecule has 2 heterocycles. The van der Waals surface area contributed by atoms with E-state index in [1.165, 1.54) is 21.6 Å². The summed E-state index contributed by atoms with van der Waals surface area (Å²) in [6.45, 7) is 1.93. The van der Waals surface area contributed by atoms with Gasteiger partial charge < -0.3 is 5.32 Å². The Hall–Kier alpha value is -3.10. The van der Waals surface area contributed by atoms with E-state index >= 15 is 0 Å². The van der Waals surface area contributed by atoms with Gasteiger partial charge in [-0.15, -0.1) is 0 Å². The molecule has 0 radical (unpaired) electrons. The number of anilines is 1. The van der Waals surface area contributed by atoms with Crippen molar-refractivity contribution in [1.82, 2.24) is 19.6 Å². The molecular weight excluding hydrogens is 347 g/mol. The van der Waals surface area contributed by atoms with Crippen molar-refractivity contribution in [2.45, 2.75) is 19.6 Å². The number of halogens is 3. The number of carbonyl (C=O) groups is 1. The lowest BCUT2D eigenvalue weighted by atomic mass is 10.1. The lowest BCUT2D eigenvalue weighted by Crippen LogP contribution is -2.12. The largest absolute Gasteiger partial charge is 0.416 e. The smallest absolute Gasteiger partial charge is 0.305 e. The summed E-state index contributed by atoms with van der Waals surface area (Å²) >= 11 is 0. The van der Waals surface area contributed by atoms with Crippen LogP contribution < -0.4 is 5.32 Å². The number of nitrogens with zero attached hydrogens (tertiary/aromatic N) is 4. The molecule has 6 nitrogen and oxygen atoms in total. The monoisotopic (exact) mass is 363 g/mol. The van der Waals surface area contributed by atoms with Crippen molar-refractivity contribution in [2.75, 3.05) is 5.32 Å². The highest BCUT2D eigenvalue weighted by molar-refractivity contribution is 6.03. The van der Waals surface area contributed by atoms with Crippen molar-refractivity contribution < 1.29 is 18.0 Å². The maximum absolute atomic E-state index is 12.8. The third kappa shape index (κ3) is 3.93. The first-order chi connectivity index (χ1) is 12.2. The second-order valence-corrected chi connectivity index (χ2v) is 5.88. The molecule has 1 aromatic carbocycles. The van der Waals surface area contributed by atoms with Crippen LogP contribution in [-0.2, 0) is 19.8 Å². The van der Waals surface area contributed by atoms with Crippen LogP contribution in [0.2, 0.25) is 0 Å². The van der Waals surface area contributed by atoms with Crippen LogP contribution in [0.5, 0.6) is 0 Å². The SMILES string of the molecule is Cc1cc(NC(=O)c2cnn(C)c2)nn1Cc1cccc(C(F)(F)F)c1. The third-order valence-electron chi connectivity index (χ3n) is 3.78. The van der Waals surface area contributed by atoms with Crippen LogP contribution in [0.25, 0.3) is 0 Å². The predicted molar refractivity (Wildman–Crippen MR) is 88.7 cm³/mol. The minimum absolute atomic E-state index is 0.165. The summed E-state index contributed by atoms with van der Waals surface area (Å²) in [6, 6.07) is 6.74. The van der Waals surface area contributed by atoms with Gasteiger partial charge in [-0.3, -0.25) is 14.2 Å². The van der Waals surface area contributed by atoms with E-state index in [1.54, 1.807) is 32.3 Å². The molecule has 1 N–H and O–H groups in total. The quantitative estimate of drug-likeness (QED) is 0.774. The number of hydrogen-bond acceptors (Lipinski definition) is 3. The summed E-state index contributed by atoms with van der Waals surface area (Å²) < 4.78 is 41.5.